The number of aryl methyl sites for hydroxylation is 1. The smallest absolute Gasteiger partial charge is 0.304 e. The van der Waals surface area contributed by atoms with Gasteiger partial charge in [0.15, 0.2) is 5.69 Å². The van der Waals surface area contributed by atoms with E-state index < -0.39 is 5.97 Å². The summed E-state index contributed by atoms with van der Waals surface area (Å²) in [5.74, 6) is 1.16. The minimum atomic E-state index is -0.787. The number of aliphatic carboxylic acids is 1. The standard InChI is InChI=1S/C15H22N2O4S2/c1-15(2)5-3-11-10(9-15)13(17-21-11)14(20)16-6-8-23-22-7-4-12(18)19/h3-9H2,1-2H3,(H,16,20)(H,18,19). The number of carboxylic acids is 1. The molecule has 8 heteroatoms. The van der Waals surface area contributed by atoms with E-state index in [1.807, 2.05) is 0 Å². The Balaban J connectivity index is 1.75. The van der Waals surface area contributed by atoms with E-state index in [-0.39, 0.29) is 17.7 Å². The lowest BCUT2D eigenvalue weighted by molar-refractivity contribution is -0.136. The fraction of sp³-hybridized carbons (Fsp3) is 0.667. The average molecular weight is 358 g/mol. The number of carbonyl (C=O) groups excluding carboxylic acids is 1. The number of hydrogen-bond acceptors (Lipinski definition) is 6. The minimum Gasteiger partial charge on any atom is -0.481 e. The topological polar surface area (TPSA) is 92.4 Å². The van der Waals surface area contributed by atoms with Crippen LogP contribution in [-0.2, 0) is 17.6 Å². The van der Waals surface area contributed by atoms with Gasteiger partial charge in [-0.15, -0.1) is 0 Å². The maximum absolute atomic E-state index is 12.2. The second-order valence-corrected chi connectivity index (χ2v) is 9.02. The van der Waals surface area contributed by atoms with Gasteiger partial charge in [-0.3, -0.25) is 9.59 Å². The predicted octanol–water partition coefficient (Wildman–Crippen LogP) is 2.78. The van der Waals surface area contributed by atoms with Crippen LogP contribution in [0.1, 0.15) is 48.5 Å². The second kappa shape index (κ2) is 8.10. The molecule has 2 rings (SSSR count). The molecule has 23 heavy (non-hydrogen) atoms. The van der Waals surface area contributed by atoms with Gasteiger partial charge >= 0.3 is 5.97 Å². The highest BCUT2D eigenvalue weighted by Crippen LogP contribution is 2.36. The van der Waals surface area contributed by atoms with Crippen LogP contribution in [0.5, 0.6) is 0 Å². The summed E-state index contributed by atoms with van der Waals surface area (Å²) in [5.41, 5.74) is 1.53. The van der Waals surface area contributed by atoms with Crippen molar-refractivity contribution in [3.05, 3.63) is 17.0 Å². The molecule has 1 aromatic rings. The third-order valence-electron chi connectivity index (χ3n) is 3.72. The van der Waals surface area contributed by atoms with Crippen molar-refractivity contribution in [2.75, 3.05) is 18.1 Å². The van der Waals surface area contributed by atoms with E-state index in [2.05, 4.69) is 24.3 Å². The Morgan fingerprint density at radius 2 is 2.09 bits per heavy atom. The van der Waals surface area contributed by atoms with Crippen LogP contribution >= 0.6 is 21.6 Å². The van der Waals surface area contributed by atoms with Crippen molar-refractivity contribution in [2.24, 2.45) is 5.41 Å². The molecule has 1 aliphatic carbocycles. The normalized spacial score (nSPS) is 15.9. The Bertz CT molecular complexity index is 572. The van der Waals surface area contributed by atoms with E-state index >= 15 is 0 Å². The summed E-state index contributed by atoms with van der Waals surface area (Å²) in [7, 11) is 3.06. The van der Waals surface area contributed by atoms with E-state index in [0.717, 1.165) is 36.3 Å². The monoisotopic (exact) mass is 358 g/mol. The highest BCUT2D eigenvalue weighted by Gasteiger charge is 2.32. The number of nitrogens with zero attached hydrogens (tertiary/aromatic N) is 1. The Morgan fingerprint density at radius 1 is 1.35 bits per heavy atom. The van der Waals surface area contributed by atoms with Crippen molar-refractivity contribution in [3.8, 4) is 0 Å². The maximum Gasteiger partial charge on any atom is 0.304 e. The lowest BCUT2D eigenvalue weighted by Gasteiger charge is -2.28. The molecule has 0 aliphatic heterocycles. The predicted molar refractivity (Wildman–Crippen MR) is 91.8 cm³/mol. The second-order valence-electron chi connectivity index (χ2n) is 6.32. The van der Waals surface area contributed by atoms with Gasteiger partial charge in [-0.25, -0.2) is 0 Å². The van der Waals surface area contributed by atoms with Crippen molar-refractivity contribution in [1.29, 1.82) is 0 Å². The Morgan fingerprint density at radius 3 is 2.83 bits per heavy atom. The number of fused-ring (bicyclic) bond motifs is 1. The molecule has 0 saturated heterocycles. The number of nitrogens with one attached hydrogen (secondary N) is 1. The first-order valence-electron chi connectivity index (χ1n) is 7.61. The molecule has 0 bridgehead atoms. The number of carboxylic acid groups (broad SMARTS) is 1. The van der Waals surface area contributed by atoms with Gasteiger partial charge < -0.3 is 14.9 Å². The van der Waals surface area contributed by atoms with E-state index in [9.17, 15) is 9.59 Å². The average Bonchev–Trinajstić information content (AvgIpc) is 2.87. The zero-order valence-electron chi connectivity index (χ0n) is 13.4. The van der Waals surface area contributed by atoms with Gasteiger partial charge in [0, 0.05) is 30.0 Å². The van der Waals surface area contributed by atoms with Crippen LogP contribution in [0.2, 0.25) is 0 Å². The molecule has 0 spiro atoms. The summed E-state index contributed by atoms with van der Waals surface area (Å²) in [6, 6.07) is 0. The van der Waals surface area contributed by atoms with Gasteiger partial charge in [0.25, 0.3) is 5.91 Å². The number of rotatable bonds is 8. The number of amides is 1. The summed E-state index contributed by atoms with van der Waals surface area (Å²) in [6.07, 6.45) is 2.85. The van der Waals surface area contributed by atoms with Gasteiger partial charge in [0.1, 0.15) is 5.76 Å². The van der Waals surface area contributed by atoms with Crippen molar-refractivity contribution in [1.82, 2.24) is 10.5 Å². The lowest BCUT2D eigenvalue weighted by Crippen LogP contribution is -2.29. The van der Waals surface area contributed by atoms with E-state index in [0.29, 0.717) is 18.0 Å². The van der Waals surface area contributed by atoms with Crippen molar-refractivity contribution >= 4 is 33.5 Å². The van der Waals surface area contributed by atoms with Crippen LogP contribution in [0, 0.1) is 5.41 Å². The molecule has 1 aliphatic rings. The van der Waals surface area contributed by atoms with Gasteiger partial charge in [-0.05, 0) is 18.3 Å². The molecule has 128 valence electrons. The molecule has 1 aromatic heterocycles. The van der Waals surface area contributed by atoms with E-state index in [1.54, 1.807) is 10.8 Å². The Kier molecular flexibility index (Phi) is 6.41. The van der Waals surface area contributed by atoms with Crippen LogP contribution in [0.3, 0.4) is 0 Å². The summed E-state index contributed by atoms with van der Waals surface area (Å²) >= 11 is 0. The summed E-state index contributed by atoms with van der Waals surface area (Å²) in [6.45, 7) is 4.90. The number of hydrogen-bond donors (Lipinski definition) is 2. The van der Waals surface area contributed by atoms with E-state index in [1.165, 1.54) is 10.8 Å². The summed E-state index contributed by atoms with van der Waals surface area (Å²) < 4.78 is 5.31. The Labute approximate surface area is 143 Å². The molecule has 0 radical (unpaired) electrons. The SMILES string of the molecule is CC1(C)CCc2onc(C(=O)NCCSSCCC(=O)O)c2C1. The fourth-order valence-electron chi connectivity index (χ4n) is 2.46. The quantitative estimate of drug-likeness (QED) is 0.545. The van der Waals surface area contributed by atoms with Crippen molar-refractivity contribution < 1.29 is 19.2 Å². The largest absolute Gasteiger partial charge is 0.481 e. The molecule has 2 N–H and O–H groups in total. The minimum absolute atomic E-state index is 0.158. The zero-order valence-corrected chi connectivity index (χ0v) is 15.0. The van der Waals surface area contributed by atoms with Crippen molar-refractivity contribution in [2.45, 2.75) is 39.5 Å². The van der Waals surface area contributed by atoms with Crippen LogP contribution < -0.4 is 5.32 Å². The number of carbonyl (C=O) groups is 2. The van der Waals surface area contributed by atoms with Crippen LogP contribution in [0.25, 0.3) is 0 Å². The van der Waals surface area contributed by atoms with Crippen molar-refractivity contribution in [3.63, 3.8) is 0 Å². The summed E-state index contributed by atoms with van der Waals surface area (Å²) in [4.78, 5) is 22.6. The molecular formula is C15H22N2O4S2. The molecule has 1 heterocycles. The van der Waals surface area contributed by atoms with Crippen LogP contribution in [0.15, 0.2) is 4.52 Å². The lowest BCUT2D eigenvalue weighted by atomic mass is 9.76. The molecule has 0 aromatic carbocycles. The fourth-order valence-corrected chi connectivity index (χ4v) is 4.34. The third-order valence-corrected chi connectivity index (χ3v) is 6.13. The Hall–Kier alpha value is -1.15. The highest BCUT2D eigenvalue weighted by molar-refractivity contribution is 8.76. The first-order chi connectivity index (χ1) is 10.9. The summed E-state index contributed by atoms with van der Waals surface area (Å²) in [5, 5.41) is 15.3. The molecule has 0 fully saturated rings. The maximum atomic E-state index is 12.2. The molecule has 1 amide bonds. The number of aromatic nitrogens is 1. The van der Waals surface area contributed by atoms with Crippen LogP contribution in [0.4, 0.5) is 0 Å². The first kappa shape index (κ1) is 18.2. The molecule has 0 unspecified atom stereocenters. The van der Waals surface area contributed by atoms with Gasteiger partial charge in [-0.1, -0.05) is 40.6 Å². The van der Waals surface area contributed by atoms with Gasteiger partial charge in [0.05, 0.1) is 6.42 Å². The van der Waals surface area contributed by atoms with Gasteiger partial charge in [0.2, 0.25) is 0 Å². The van der Waals surface area contributed by atoms with E-state index in [4.69, 9.17) is 9.63 Å². The third kappa shape index (κ3) is 5.46. The van der Waals surface area contributed by atoms with Gasteiger partial charge in [-0.2, -0.15) is 0 Å². The highest BCUT2D eigenvalue weighted by atomic mass is 33.1. The molecular weight excluding hydrogens is 336 g/mol. The van der Waals surface area contributed by atoms with Crippen LogP contribution in [-0.4, -0.2) is 40.2 Å². The molecule has 0 saturated carbocycles. The first-order valence-corrected chi connectivity index (χ1v) is 10.1. The molecule has 0 atom stereocenters. The molecule has 6 nitrogen and oxygen atoms in total. The zero-order chi connectivity index (χ0) is 16.9.